The third kappa shape index (κ3) is 2.94. The van der Waals surface area contributed by atoms with Gasteiger partial charge in [0.15, 0.2) is 0 Å². The monoisotopic (exact) mass is 202 g/mol. The van der Waals surface area contributed by atoms with Gasteiger partial charge in [-0.3, -0.25) is 4.79 Å². The van der Waals surface area contributed by atoms with E-state index in [2.05, 4.69) is 0 Å². The highest BCUT2D eigenvalue weighted by molar-refractivity contribution is 5.81. The van der Waals surface area contributed by atoms with Crippen molar-refractivity contribution in [3.63, 3.8) is 0 Å². The summed E-state index contributed by atoms with van der Waals surface area (Å²) in [7, 11) is 0. The first kappa shape index (κ1) is 9.97. The number of ether oxygens (including phenoxy) is 1. The Morgan fingerprint density at radius 3 is 2.60 bits per heavy atom. The molecule has 0 amide bonds. The first-order chi connectivity index (χ1) is 7.34. The van der Waals surface area contributed by atoms with Gasteiger partial charge in [0, 0.05) is 19.3 Å². The SMILES string of the molecule is O=C1CC=C(OCc2ccccc2)CC1. The average molecular weight is 202 g/mol. The number of Topliss-reactive ketones (excluding diaryl/α,β-unsaturated/α-hetero) is 1. The van der Waals surface area contributed by atoms with Gasteiger partial charge in [-0.2, -0.15) is 0 Å². The van der Waals surface area contributed by atoms with E-state index < -0.39 is 0 Å². The minimum Gasteiger partial charge on any atom is -0.494 e. The van der Waals surface area contributed by atoms with Crippen molar-refractivity contribution in [1.29, 1.82) is 0 Å². The van der Waals surface area contributed by atoms with Crippen molar-refractivity contribution in [3.05, 3.63) is 47.7 Å². The maximum atomic E-state index is 11.0. The zero-order chi connectivity index (χ0) is 10.5. The number of benzene rings is 1. The molecule has 0 saturated heterocycles. The Hall–Kier alpha value is -1.57. The number of allylic oxidation sites excluding steroid dienone is 2. The van der Waals surface area contributed by atoms with E-state index in [1.54, 1.807) is 0 Å². The lowest BCUT2D eigenvalue weighted by Crippen LogP contribution is -2.05. The van der Waals surface area contributed by atoms with Crippen molar-refractivity contribution in [2.75, 3.05) is 0 Å². The predicted molar refractivity (Wildman–Crippen MR) is 58.2 cm³/mol. The van der Waals surface area contributed by atoms with Crippen LogP contribution in [0.5, 0.6) is 0 Å². The van der Waals surface area contributed by atoms with E-state index in [9.17, 15) is 4.79 Å². The Labute approximate surface area is 89.6 Å². The summed E-state index contributed by atoms with van der Waals surface area (Å²) in [5, 5.41) is 0. The highest BCUT2D eigenvalue weighted by Gasteiger charge is 2.10. The number of hydrogen-bond acceptors (Lipinski definition) is 2. The molecule has 1 aliphatic carbocycles. The molecule has 0 N–H and O–H groups in total. The van der Waals surface area contributed by atoms with Crippen LogP contribution in [-0.4, -0.2) is 5.78 Å². The summed E-state index contributed by atoms with van der Waals surface area (Å²) in [5.41, 5.74) is 1.16. The smallest absolute Gasteiger partial charge is 0.137 e. The molecule has 0 spiro atoms. The molecule has 2 rings (SSSR count). The Balaban J connectivity index is 1.86. The van der Waals surface area contributed by atoms with Crippen molar-refractivity contribution in [2.45, 2.75) is 25.9 Å². The van der Waals surface area contributed by atoms with Crippen LogP contribution in [0.25, 0.3) is 0 Å². The van der Waals surface area contributed by atoms with Crippen LogP contribution in [0.3, 0.4) is 0 Å². The minimum absolute atomic E-state index is 0.307. The molecule has 0 atom stereocenters. The van der Waals surface area contributed by atoms with Crippen LogP contribution < -0.4 is 0 Å². The highest BCUT2D eigenvalue weighted by Crippen LogP contribution is 2.17. The topological polar surface area (TPSA) is 26.3 Å². The molecule has 1 aromatic rings. The van der Waals surface area contributed by atoms with Crippen molar-refractivity contribution < 1.29 is 9.53 Å². The van der Waals surface area contributed by atoms with Gasteiger partial charge in [-0.05, 0) is 11.6 Å². The molecule has 0 unspecified atom stereocenters. The van der Waals surface area contributed by atoms with Crippen LogP contribution >= 0.6 is 0 Å². The van der Waals surface area contributed by atoms with Crippen LogP contribution in [0, 0.1) is 0 Å². The molecular formula is C13H14O2. The quantitative estimate of drug-likeness (QED) is 0.753. The van der Waals surface area contributed by atoms with Crippen molar-refractivity contribution in [2.24, 2.45) is 0 Å². The van der Waals surface area contributed by atoms with Gasteiger partial charge in [0.05, 0.1) is 5.76 Å². The molecule has 0 heterocycles. The minimum atomic E-state index is 0.307. The maximum absolute atomic E-state index is 11.0. The van der Waals surface area contributed by atoms with Gasteiger partial charge in [0.2, 0.25) is 0 Å². The third-order valence-corrected chi connectivity index (χ3v) is 2.47. The molecule has 78 valence electrons. The third-order valence-electron chi connectivity index (χ3n) is 2.47. The lowest BCUT2D eigenvalue weighted by atomic mass is 10.1. The molecule has 2 heteroatoms. The lowest BCUT2D eigenvalue weighted by molar-refractivity contribution is -0.118. The zero-order valence-corrected chi connectivity index (χ0v) is 8.61. The summed E-state index contributed by atoms with van der Waals surface area (Å²) in [5.74, 6) is 1.26. The van der Waals surface area contributed by atoms with Crippen LogP contribution in [0.2, 0.25) is 0 Å². The fourth-order valence-electron chi connectivity index (χ4n) is 1.58. The standard InChI is InChI=1S/C13H14O2/c14-12-6-8-13(9-7-12)15-10-11-4-2-1-3-5-11/h1-5,8H,6-7,9-10H2. The Bertz CT molecular complexity index is 365. The van der Waals surface area contributed by atoms with Gasteiger partial charge in [-0.1, -0.05) is 30.3 Å². The molecule has 0 aliphatic heterocycles. The first-order valence-electron chi connectivity index (χ1n) is 5.22. The zero-order valence-electron chi connectivity index (χ0n) is 8.61. The molecule has 0 fully saturated rings. The van der Waals surface area contributed by atoms with Crippen molar-refractivity contribution in [3.8, 4) is 0 Å². The van der Waals surface area contributed by atoms with Gasteiger partial charge in [-0.15, -0.1) is 0 Å². The summed E-state index contributed by atoms with van der Waals surface area (Å²) in [6.45, 7) is 0.598. The molecule has 15 heavy (non-hydrogen) atoms. The molecule has 0 aromatic heterocycles. The summed E-state index contributed by atoms with van der Waals surface area (Å²) < 4.78 is 5.63. The largest absolute Gasteiger partial charge is 0.494 e. The molecular weight excluding hydrogens is 188 g/mol. The number of carbonyl (C=O) groups excluding carboxylic acids is 1. The van der Waals surface area contributed by atoms with E-state index in [0.29, 0.717) is 25.2 Å². The van der Waals surface area contributed by atoms with Gasteiger partial charge in [0.1, 0.15) is 12.4 Å². The van der Waals surface area contributed by atoms with E-state index in [4.69, 9.17) is 4.74 Å². The molecule has 2 nitrogen and oxygen atoms in total. The second kappa shape index (κ2) is 4.78. The summed E-state index contributed by atoms with van der Waals surface area (Å²) >= 11 is 0. The highest BCUT2D eigenvalue weighted by atomic mass is 16.5. The van der Waals surface area contributed by atoms with Gasteiger partial charge < -0.3 is 4.74 Å². The van der Waals surface area contributed by atoms with E-state index in [1.807, 2.05) is 36.4 Å². The molecule has 1 aliphatic rings. The lowest BCUT2D eigenvalue weighted by Gasteiger charge is -2.13. The average Bonchev–Trinajstić information content (AvgIpc) is 2.30. The Morgan fingerprint density at radius 2 is 1.93 bits per heavy atom. The van der Waals surface area contributed by atoms with E-state index in [1.165, 1.54) is 0 Å². The van der Waals surface area contributed by atoms with Gasteiger partial charge >= 0.3 is 0 Å². The van der Waals surface area contributed by atoms with E-state index >= 15 is 0 Å². The van der Waals surface area contributed by atoms with Crippen LogP contribution in [-0.2, 0) is 16.1 Å². The normalized spacial score (nSPS) is 16.0. The van der Waals surface area contributed by atoms with E-state index in [-0.39, 0.29) is 0 Å². The molecule has 1 aromatic carbocycles. The van der Waals surface area contributed by atoms with Gasteiger partial charge in [0.25, 0.3) is 0 Å². The van der Waals surface area contributed by atoms with Crippen LogP contribution in [0.1, 0.15) is 24.8 Å². The van der Waals surface area contributed by atoms with Crippen molar-refractivity contribution >= 4 is 5.78 Å². The maximum Gasteiger partial charge on any atom is 0.137 e. The Morgan fingerprint density at radius 1 is 1.13 bits per heavy atom. The number of carbonyl (C=O) groups is 1. The molecule has 0 bridgehead atoms. The second-order valence-corrected chi connectivity index (χ2v) is 3.69. The fraction of sp³-hybridized carbons (Fsp3) is 0.308. The van der Waals surface area contributed by atoms with Crippen LogP contribution in [0.4, 0.5) is 0 Å². The summed E-state index contributed by atoms with van der Waals surface area (Å²) in [4.78, 5) is 11.0. The molecule has 0 saturated carbocycles. The summed E-state index contributed by atoms with van der Waals surface area (Å²) in [6, 6.07) is 10.1. The summed E-state index contributed by atoms with van der Waals surface area (Å²) in [6.07, 6.45) is 3.81. The number of ketones is 1. The van der Waals surface area contributed by atoms with Gasteiger partial charge in [-0.25, -0.2) is 0 Å². The number of rotatable bonds is 3. The number of hydrogen-bond donors (Lipinski definition) is 0. The Kier molecular flexibility index (Phi) is 3.18. The fourth-order valence-corrected chi connectivity index (χ4v) is 1.58. The van der Waals surface area contributed by atoms with Crippen molar-refractivity contribution in [1.82, 2.24) is 0 Å². The predicted octanol–water partition coefficient (Wildman–Crippen LogP) is 2.84. The first-order valence-corrected chi connectivity index (χ1v) is 5.22. The van der Waals surface area contributed by atoms with Crippen LogP contribution in [0.15, 0.2) is 42.2 Å². The van der Waals surface area contributed by atoms with E-state index in [0.717, 1.165) is 17.7 Å². The molecule has 0 radical (unpaired) electrons. The second-order valence-electron chi connectivity index (χ2n) is 3.69.